The van der Waals surface area contributed by atoms with E-state index in [1.165, 1.54) is 0 Å². The summed E-state index contributed by atoms with van der Waals surface area (Å²) >= 11 is 0. The highest BCUT2D eigenvalue weighted by molar-refractivity contribution is 4.79. The van der Waals surface area contributed by atoms with Gasteiger partial charge in [0.15, 0.2) is 0 Å². The van der Waals surface area contributed by atoms with Gasteiger partial charge in [0.05, 0.1) is 6.20 Å². The van der Waals surface area contributed by atoms with E-state index in [-0.39, 0.29) is 0 Å². The van der Waals surface area contributed by atoms with Crippen LogP contribution in [-0.4, -0.2) is 14.9 Å². The van der Waals surface area contributed by atoms with Crippen LogP contribution in [0, 0.1) is 0 Å². The smallest absolute Gasteiger partial charge is 0.361 e. The standard InChI is InChI=1S/C4H4N2O3/c7-3-1-2-6(9)4(8)5-3/h1-2,9H,(H,5,7,8). The molecule has 0 aliphatic carbocycles. The Balaban J connectivity index is 3.52. The molecule has 5 heteroatoms. The quantitative estimate of drug-likeness (QED) is 0.430. The topological polar surface area (TPSA) is 75.1 Å². The first-order valence-electron chi connectivity index (χ1n) is 2.21. The van der Waals surface area contributed by atoms with Crippen molar-refractivity contribution in [2.24, 2.45) is 0 Å². The van der Waals surface area contributed by atoms with Crippen molar-refractivity contribution < 1.29 is 5.21 Å². The number of hydrogen-bond acceptors (Lipinski definition) is 3. The molecule has 0 saturated heterocycles. The molecule has 0 atom stereocenters. The highest BCUT2D eigenvalue weighted by Gasteiger charge is 1.87. The van der Waals surface area contributed by atoms with Crippen LogP contribution in [-0.2, 0) is 0 Å². The van der Waals surface area contributed by atoms with E-state index in [1.54, 1.807) is 0 Å². The van der Waals surface area contributed by atoms with Gasteiger partial charge < -0.3 is 5.21 Å². The largest absolute Gasteiger partial charge is 0.424 e. The van der Waals surface area contributed by atoms with Gasteiger partial charge in [-0.3, -0.25) is 9.78 Å². The first-order valence-corrected chi connectivity index (χ1v) is 2.21. The number of H-pyrrole nitrogens is 1. The lowest BCUT2D eigenvalue weighted by molar-refractivity contribution is 0.169. The Morgan fingerprint density at radius 3 is 2.67 bits per heavy atom. The van der Waals surface area contributed by atoms with Gasteiger partial charge in [-0.25, -0.2) is 4.79 Å². The summed E-state index contributed by atoms with van der Waals surface area (Å²) < 4.78 is 0.293. The Kier molecular flexibility index (Phi) is 1.11. The third-order valence-electron chi connectivity index (χ3n) is 0.805. The van der Waals surface area contributed by atoms with Crippen molar-refractivity contribution >= 4 is 0 Å². The monoisotopic (exact) mass is 128 g/mol. The molecular weight excluding hydrogens is 124 g/mol. The Hall–Kier alpha value is -1.52. The van der Waals surface area contributed by atoms with Gasteiger partial charge in [-0.15, -0.1) is 4.73 Å². The Morgan fingerprint density at radius 1 is 1.56 bits per heavy atom. The van der Waals surface area contributed by atoms with Crippen LogP contribution in [0.3, 0.4) is 0 Å². The fourth-order valence-electron chi connectivity index (χ4n) is 0.410. The molecule has 0 bridgehead atoms. The number of rotatable bonds is 0. The molecule has 5 nitrogen and oxygen atoms in total. The summed E-state index contributed by atoms with van der Waals surface area (Å²) in [5, 5.41) is 8.48. The zero-order chi connectivity index (χ0) is 6.85. The van der Waals surface area contributed by atoms with Crippen molar-refractivity contribution in [1.82, 2.24) is 9.71 Å². The molecule has 1 aromatic rings. The summed E-state index contributed by atoms with van der Waals surface area (Å²) in [6, 6.07) is 1.04. The molecule has 0 aliphatic rings. The Morgan fingerprint density at radius 2 is 2.22 bits per heavy atom. The van der Waals surface area contributed by atoms with E-state index in [4.69, 9.17) is 5.21 Å². The lowest BCUT2D eigenvalue weighted by Gasteiger charge is -1.88. The van der Waals surface area contributed by atoms with Gasteiger partial charge in [0, 0.05) is 6.07 Å². The van der Waals surface area contributed by atoms with E-state index in [2.05, 4.69) is 0 Å². The van der Waals surface area contributed by atoms with Gasteiger partial charge in [0.25, 0.3) is 5.56 Å². The molecule has 2 N–H and O–H groups in total. The highest BCUT2D eigenvalue weighted by atomic mass is 16.5. The molecule has 1 rings (SSSR count). The zero-order valence-electron chi connectivity index (χ0n) is 4.37. The summed E-state index contributed by atoms with van der Waals surface area (Å²) in [4.78, 5) is 22.4. The average molecular weight is 128 g/mol. The van der Waals surface area contributed by atoms with Gasteiger partial charge in [-0.05, 0) is 0 Å². The molecule has 0 saturated carbocycles. The van der Waals surface area contributed by atoms with Crippen molar-refractivity contribution in [1.29, 1.82) is 0 Å². The minimum Gasteiger partial charge on any atom is -0.424 e. The number of aromatic amines is 1. The van der Waals surface area contributed by atoms with E-state index in [0.29, 0.717) is 4.73 Å². The maximum absolute atomic E-state index is 10.3. The number of hydrogen-bond donors (Lipinski definition) is 2. The van der Waals surface area contributed by atoms with E-state index < -0.39 is 11.2 Å². The lowest BCUT2D eigenvalue weighted by atomic mass is 10.7. The minimum absolute atomic E-state index is 0.293. The second kappa shape index (κ2) is 1.77. The number of nitrogens with one attached hydrogen (secondary N) is 1. The van der Waals surface area contributed by atoms with Crippen molar-refractivity contribution in [3.8, 4) is 0 Å². The molecule has 0 spiro atoms. The molecule has 0 amide bonds. The van der Waals surface area contributed by atoms with Crippen LogP contribution < -0.4 is 11.2 Å². The Bertz CT molecular complexity index is 310. The first-order chi connectivity index (χ1) is 4.20. The predicted molar refractivity (Wildman–Crippen MR) is 28.5 cm³/mol. The van der Waals surface area contributed by atoms with Crippen LogP contribution >= 0.6 is 0 Å². The average Bonchev–Trinajstić information content (AvgIpc) is 1.80. The van der Waals surface area contributed by atoms with Crippen LogP contribution in [0.1, 0.15) is 0 Å². The zero-order valence-corrected chi connectivity index (χ0v) is 4.37. The van der Waals surface area contributed by atoms with Crippen LogP contribution in [0.25, 0.3) is 0 Å². The van der Waals surface area contributed by atoms with E-state index >= 15 is 0 Å². The second-order valence-corrected chi connectivity index (χ2v) is 1.45. The van der Waals surface area contributed by atoms with Crippen LogP contribution in [0.15, 0.2) is 21.9 Å². The maximum Gasteiger partial charge on any atom is 0.361 e. The SMILES string of the molecule is O=c1ccn(O)c(=O)[nH]1. The summed E-state index contributed by atoms with van der Waals surface area (Å²) in [6.45, 7) is 0. The highest BCUT2D eigenvalue weighted by Crippen LogP contribution is 1.60. The second-order valence-electron chi connectivity index (χ2n) is 1.45. The van der Waals surface area contributed by atoms with E-state index in [9.17, 15) is 9.59 Å². The molecule has 0 unspecified atom stereocenters. The maximum atomic E-state index is 10.3. The van der Waals surface area contributed by atoms with Gasteiger partial charge >= 0.3 is 5.69 Å². The molecular formula is C4H4N2O3. The van der Waals surface area contributed by atoms with E-state index in [1.807, 2.05) is 4.98 Å². The van der Waals surface area contributed by atoms with Gasteiger partial charge in [0.1, 0.15) is 0 Å². The van der Waals surface area contributed by atoms with Crippen molar-refractivity contribution in [2.45, 2.75) is 0 Å². The molecule has 0 radical (unpaired) electrons. The van der Waals surface area contributed by atoms with Crippen LogP contribution in [0.2, 0.25) is 0 Å². The van der Waals surface area contributed by atoms with E-state index in [0.717, 1.165) is 12.3 Å². The molecule has 1 aromatic heterocycles. The lowest BCUT2D eigenvalue weighted by Crippen LogP contribution is -2.26. The third-order valence-corrected chi connectivity index (χ3v) is 0.805. The Labute approximate surface area is 49.2 Å². The van der Waals surface area contributed by atoms with Crippen molar-refractivity contribution in [2.75, 3.05) is 0 Å². The van der Waals surface area contributed by atoms with Crippen LogP contribution in [0.4, 0.5) is 0 Å². The molecule has 0 fully saturated rings. The molecule has 0 aromatic carbocycles. The third kappa shape index (κ3) is 0.987. The molecule has 0 aliphatic heterocycles. The fraction of sp³-hybridized carbons (Fsp3) is 0. The van der Waals surface area contributed by atoms with Crippen LogP contribution in [0.5, 0.6) is 0 Å². The summed E-state index contributed by atoms with van der Waals surface area (Å²) in [5.41, 5.74) is -1.35. The molecule has 48 valence electrons. The summed E-state index contributed by atoms with van der Waals surface area (Å²) in [6.07, 6.45) is 0.973. The number of nitrogens with zero attached hydrogens (tertiary/aromatic N) is 1. The first kappa shape index (κ1) is 5.61. The predicted octanol–water partition coefficient (Wildman–Crippen LogP) is -1.23. The van der Waals surface area contributed by atoms with Gasteiger partial charge in [-0.1, -0.05) is 0 Å². The van der Waals surface area contributed by atoms with Gasteiger partial charge in [0.2, 0.25) is 0 Å². The summed E-state index contributed by atoms with van der Waals surface area (Å²) in [7, 11) is 0. The van der Waals surface area contributed by atoms with Crippen molar-refractivity contribution in [3.05, 3.63) is 33.1 Å². The van der Waals surface area contributed by atoms with Gasteiger partial charge in [-0.2, -0.15) is 0 Å². The minimum atomic E-state index is -0.831. The van der Waals surface area contributed by atoms with Crippen molar-refractivity contribution in [3.63, 3.8) is 0 Å². The fourth-order valence-corrected chi connectivity index (χ4v) is 0.410. The number of aromatic nitrogens is 2. The molecule has 1 heterocycles. The molecule has 9 heavy (non-hydrogen) atoms. The normalized spacial score (nSPS) is 9.33. The summed E-state index contributed by atoms with van der Waals surface area (Å²) in [5.74, 6) is 0.